The highest BCUT2D eigenvalue weighted by Crippen LogP contribution is 2.31. The van der Waals surface area contributed by atoms with Gasteiger partial charge in [0.1, 0.15) is 28.6 Å². The first-order valence-electron chi connectivity index (χ1n) is 9.70. The number of nitriles is 1. The van der Waals surface area contributed by atoms with E-state index in [4.69, 9.17) is 16.6 Å². The van der Waals surface area contributed by atoms with Crippen LogP contribution in [-0.2, 0) is 0 Å². The molecule has 0 spiro atoms. The molecule has 5 nitrogen and oxygen atoms in total. The van der Waals surface area contributed by atoms with Crippen LogP contribution in [-0.4, -0.2) is 19.9 Å². The van der Waals surface area contributed by atoms with E-state index in [9.17, 15) is 5.26 Å². The van der Waals surface area contributed by atoms with Crippen molar-refractivity contribution in [3.63, 3.8) is 0 Å². The Hall–Kier alpha value is -4.14. The second-order valence-corrected chi connectivity index (χ2v) is 7.36. The normalized spacial score (nSPS) is 10.7. The molecule has 0 aliphatic carbocycles. The largest absolute Gasteiger partial charge is 0.337 e. The Bertz CT molecular complexity index is 1400. The molecule has 3 aromatic carbocycles. The third-order valence-corrected chi connectivity index (χ3v) is 5.26. The van der Waals surface area contributed by atoms with Crippen LogP contribution >= 0.6 is 11.6 Å². The van der Waals surface area contributed by atoms with E-state index >= 15 is 0 Å². The van der Waals surface area contributed by atoms with Gasteiger partial charge in [0.15, 0.2) is 5.69 Å². The summed E-state index contributed by atoms with van der Waals surface area (Å²) < 4.78 is 0. The van der Waals surface area contributed by atoms with Crippen molar-refractivity contribution in [2.45, 2.75) is 0 Å². The third kappa shape index (κ3) is 3.61. The maximum Gasteiger partial charge on any atom is 0.166 e. The smallest absolute Gasteiger partial charge is 0.166 e. The molecule has 0 aliphatic rings. The van der Waals surface area contributed by atoms with Crippen molar-refractivity contribution < 1.29 is 0 Å². The molecule has 6 heteroatoms. The first-order chi connectivity index (χ1) is 15.2. The minimum absolute atomic E-state index is 0.360. The first kappa shape index (κ1) is 18.9. The Morgan fingerprint density at radius 3 is 1.90 bits per heavy atom. The molecule has 2 heterocycles. The summed E-state index contributed by atoms with van der Waals surface area (Å²) in [7, 11) is 0. The van der Waals surface area contributed by atoms with Gasteiger partial charge in [0.05, 0.1) is 5.69 Å². The van der Waals surface area contributed by atoms with Gasteiger partial charge in [-0.15, -0.1) is 0 Å². The molecule has 0 aliphatic heterocycles. The van der Waals surface area contributed by atoms with Gasteiger partial charge >= 0.3 is 0 Å². The molecule has 148 valence electrons. The lowest BCUT2D eigenvalue weighted by Gasteiger charge is -2.01. The van der Waals surface area contributed by atoms with Crippen LogP contribution in [0.25, 0.3) is 45.3 Å². The summed E-state index contributed by atoms with van der Waals surface area (Å²) in [5, 5.41) is 10.0. The number of benzene rings is 3. The summed E-state index contributed by atoms with van der Waals surface area (Å²) in [5.41, 5.74) is 5.36. The second kappa shape index (κ2) is 7.94. The maximum absolute atomic E-state index is 9.55. The average Bonchev–Trinajstić information content (AvgIpc) is 3.44. The van der Waals surface area contributed by atoms with Gasteiger partial charge in [-0.3, -0.25) is 0 Å². The molecule has 0 radical (unpaired) electrons. The van der Waals surface area contributed by atoms with Crippen molar-refractivity contribution in [1.29, 1.82) is 5.26 Å². The highest BCUT2D eigenvalue weighted by molar-refractivity contribution is 6.32. The number of hydrogen-bond donors (Lipinski definition) is 2. The lowest BCUT2D eigenvalue weighted by Crippen LogP contribution is -1.85. The summed E-state index contributed by atoms with van der Waals surface area (Å²) in [6.07, 6.45) is 0. The van der Waals surface area contributed by atoms with Crippen LogP contribution in [0.15, 0.2) is 84.9 Å². The molecule has 2 aromatic heterocycles. The number of rotatable bonds is 4. The van der Waals surface area contributed by atoms with Gasteiger partial charge in [-0.1, -0.05) is 90.5 Å². The number of nitrogens with zero attached hydrogens (tertiary/aromatic N) is 3. The summed E-state index contributed by atoms with van der Waals surface area (Å²) in [6, 6.07) is 29.5. The van der Waals surface area contributed by atoms with Gasteiger partial charge in [0, 0.05) is 22.3 Å². The van der Waals surface area contributed by atoms with Crippen molar-refractivity contribution in [3.05, 3.63) is 95.8 Å². The molecule has 5 aromatic rings. The molecule has 0 saturated carbocycles. The first-order valence-corrected chi connectivity index (χ1v) is 10.1. The van der Waals surface area contributed by atoms with Gasteiger partial charge in [0.2, 0.25) is 0 Å². The molecule has 0 bridgehead atoms. The van der Waals surface area contributed by atoms with E-state index in [1.54, 1.807) is 0 Å². The predicted molar refractivity (Wildman–Crippen MR) is 122 cm³/mol. The van der Waals surface area contributed by atoms with Crippen molar-refractivity contribution in [1.82, 2.24) is 19.9 Å². The Kier molecular flexibility index (Phi) is 4.83. The molecule has 5 rings (SSSR count). The summed E-state index contributed by atoms with van der Waals surface area (Å²) >= 11 is 6.42. The van der Waals surface area contributed by atoms with Crippen LogP contribution in [0.2, 0.25) is 5.15 Å². The Morgan fingerprint density at radius 2 is 1.26 bits per heavy atom. The van der Waals surface area contributed by atoms with Crippen LogP contribution in [0, 0.1) is 11.3 Å². The highest BCUT2D eigenvalue weighted by Gasteiger charge is 2.15. The average molecular weight is 422 g/mol. The fourth-order valence-corrected chi connectivity index (χ4v) is 3.74. The standard InChI is InChI=1S/C25H16ClN5/c26-23-22(17-10-5-2-6-11-17)30-25(31-23)19-13-7-12-18(14-19)24-28-20(15-27)21(29-24)16-8-3-1-4-9-16/h1-14H,(H,28,29)(H,30,31). The quantitative estimate of drug-likeness (QED) is 0.356. The maximum atomic E-state index is 9.55. The third-order valence-electron chi connectivity index (χ3n) is 4.99. The molecular formula is C25H16ClN5. The summed E-state index contributed by atoms with van der Waals surface area (Å²) in [6.45, 7) is 0. The minimum atomic E-state index is 0.360. The molecule has 0 atom stereocenters. The number of H-pyrrole nitrogens is 2. The lowest BCUT2D eigenvalue weighted by atomic mass is 10.1. The van der Waals surface area contributed by atoms with Crippen LogP contribution < -0.4 is 0 Å². The number of halogens is 1. The topological polar surface area (TPSA) is 81.2 Å². The molecule has 0 fully saturated rings. The van der Waals surface area contributed by atoms with Crippen molar-refractivity contribution >= 4 is 11.6 Å². The van der Waals surface area contributed by atoms with Gasteiger partial charge < -0.3 is 9.97 Å². The molecule has 0 unspecified atom stereocenters. The van der Waals surface area contributed by atoms with Crippen LogP contribution in [0.1, 0.15) is 5.69 Å². The van der Waals surface area contributed by atoms with E-state index in [2.05, 4.69) is 21.0 Å². The van der Waals surface area contributed by atoms with E-state index < -0.39 is 0 Å². The van der Waals surface area contributed by atoms with Crippen LogP contribution in [0.4, 0.5) is 0 Å². The van der Waals surface area contributed by atoms with E-state index in [1.165, 1.54) is 0 Å². The van der Waals surface area contributed by atoms with Crippen molar-refractivity contribution in [3.8, 4) is 51.4 Å². The zero-order valence-electron chi connectivity index (χ0n) is 16.3. The highest BCUT2D eigenvalue weighted by atomic mass is 35.5. The van der Waals surface area contributed by atoms with Crippen molar-refractivity contribution in [2.75, 3.05) is 0 Å². The van der Waals surface area contributed by atoms with Gasteiger partial charge in [-0.25, -0.2) is 9.97 Å². The van der Waals surface area contributed by atoms with E-state index in [0.717, 1.165) is 22.3 Å². The number of imidazole rings is 2. The number of aromatic amines is 2. The van der Waals surface area contributed by atoms with Gasteiger partial charge in [-0.2, -0.15) is 5.26 Å². The Labute approximate surface area is 184 Å². The number of nitrogens with one attached hydrogen (secondary N) is 2. The zero-order chi connectivity index (χ0) is 21.2. The fourth-order valence-electron chi connectivity index (χ4n) is 3.49. The number of hydrogen-bond acceptors (Lipinski definition) is 3. The summed E-state index contributed by atoms with van der Waals surface area (Å²) in [4.78, 5) is 15.7. The van der Waals surface area contributed by atoms with Crippen LogP contribution in [0.3, 0.4) is 0 Å². The van der Waals surface area contributed by atoms with Crippen LogP contribution in [0.5, 0.6) is 0 Å². The minimum Gasteiger partial charge on any atom is -0.337 e. The van der Waals surface area contributed by atoms with Gasteiger partial charge in [-0.05, 0) is 6.07 Å². The SMILES string of the molecule is N#Cc1nc(-c2cccc(-c3nc(-c4ccccc4)c(Cl)[nH]3)c2)[nH]c1-c1ccccc1. The van der Waals surface area contributed by atoms with Gasteiger partial charge in [0.25, 0.3) is 0 Å². The van der Waals surface area contributed by atoms with E-state index in [1.807, 2.05) is 84.9 Å². The number of aromatic nitrogens is 4. The lowest BCUT2D eigenvalue weighted by molar-refractivity contribution is 1.28. The molecule has 0 amide bonds. The molecular weight excluding hydrogens is 406 g/mol. The van der Waals surface area contributed by atoms with E-state index in [-0.39, 0.29) is 0 Å². The fraction of sp³-hybridized carbons (Fsp3) is 0. The van der Waals surface area contributed by atoms with E-state index in [0.29, 0.717) is 33.9 Å². The Balaban J connectivity index is 1.54. The second-order valence-electron chi connectivity index (χ2n) is 6.98. The summed E-state index contributed by atoms with van der Waals surface area (Å²) in [5.74, 6) is 1.29. The Morgan fingerprint density at radius 1 is 0.677 bits per heavy atom. The van der Waals surface area contributed by atoms with Crippen molar-refractivity contribution in [2.24, 2.45) is 0 Å². The zero-order valence-corrected chi connectivity index (χ0v) is 17.1. The predicted octanol–water partition coefficient (Wildman–Crippen LogP) is 6.33. The molecule has 0 saturated heterocycles. The molecule has 31 heavy (non-hydrogen) atoms. The monoisotopic (exact) mass is 421 g/mol. The molecule has 2 N–H and O–H groups in total.